The summed E-state index contributed by atoms with van der Waals surface area (Å²) in [7, 11) is 1.68. The predicted molar refractivity (Wildman–Crippen MR) is 103 cm³/mol. The maximum Gasteiger partial charge on any atom is 0.251 e. The van der Waals surface area contributed by atoms with E-state index < -0.39 is 0 Å². The summed E-state index contributed by atoms with van der Waals surface area (Å²) in [5, 5.41) is 9.50. The van der Waals surface area contributed by atoms with Crippen LogP contribution in [0.15, 0.2) is 29.3 Å². The van der Waals surface area contributed by atoms with E-state index in [1.54, 1.807) is 7.11 Å². The second-order valence-electron chi connectivity index (χ2n) is 6.18. The largest absolute Gasteiger partial charge is 0.383 e. The van der Waals surface area contributed by atoms with Gasteiger partial charge < -0.3 is 20.7 Å². The molecule has 1 rings (SSSR count). The van der Waals surface area contributed by atoms with Crippen LogP contribution in [-0.4, -0.2) is 44.2 Å². The highest BCUT2D eigenvalue weighted by Crippen LogP contribution is 2.07. The molecule has 140 valence electrons. The number of rotatable bonds is 9. The lowest BCUT2D eigenvalue weighted by atomic mass is 10.1. The van der Waals surface area contributed by atoms with E-state index in [4.69, 9.17) is 4.74 Å². The van der Waals surface area contributed by atoms with Crippen LogP contribution in [0.5, 0.6) is 0 Å². The maximum absolute atomic E-state index is 12.2. The number of amides is 1. The summed E-state index contributed by atoms with van der Waals surface area (Å²) in [5.41, 5.74) is 1.66. The SMILES string of the molecule is CCNC(=NCc1cccc(C(=O)NC(C)CC)c1)NC(C)COC. The lowest BCUT2D eigenvalue weighted by Crippen LogP contribution is -2.43. The Hall–Kier alpha value is -2.08. The third-order valence-electron chi connectivity index (χ3n) is 3.74. The number of aliphatic imine (C=N–C) groups is 1. The minimum absolute atomic E-state index is 0.0427. The molecule has 6 nitrogen and oxygen atoms in total. The Labute approximate surface area is 151 Å². The highest BCUT2D eigenvalue weighted by molar-refractivity contribution is 5.94. The standard InChI is InChI=1S/C19H32N4O2/c1-6-14(3)22-18(24)17-10-8-9-16(11-17)12-21-19(20-7-2)23-15(4)13-25-5/h8-11,14-15H,6-7,12-13H2,1-5H3,(H,22,24)(H2,20,21,23). The van der Waals surface area contributed by atoms with Crippen LogP contribution in [0.1, 0.15) is 50.0 Å². The molecule has 0 saturated carbocycles. The van der Waals surface area contributed by atoms with Crippen LogP contribution >= 0.6 is 0 Å². The van der Waals surface area contributed by atoms with Crippen molar-refractivity contribution in [1.82, 2.24) is 16.0 Å². The van der Waals surface area contributed by atoms with Gasteiger partial charge in [-0.05, 0) is 44.9 Å². The lowest BCUT2D eigenvalue weighted by Gasteiger charge is -2.17. The van der Waals surface area contributed by atoms with Gasteiger partial charge in [0, 0.05) is 31.3 Å². The van der Waals surface area contributed by atoms with Crippen LogP contribution in [0.2, 0.25) is 0 Å². The number of carbonyl (C=O) groups excluding carboxylic acids is 1. The third-order valence-corrected chi connectivity index (χ3v) is 3.74. The van der Waals surface area contributed by atoms with Crippen LogP contribution in [0.3, 0.4) is 0 Å². The van der Waals surface area contributed by atoms with E-state index in [1.807, 2.05) is 45.0 Å². The fourth-order valence-corrected chi connectivity index (χ4v) is 2.24. The highest BCUT2D eigenvalue weighted by Gasteiger charge is 2.09. The van der Waals surface area contributed by atoms with Gasteiger partial charge in [0.05, 0.1) is 13.2 Å². The molecule has 1 amide bonds. The monoisotopic (exact) mass is 348 g/mol. The molecule has 1 aromatic carbocycles. The van der Waals surface area contributed by atoms with Crippen LogP contribution in [0.25, 0.3) is 0 Å². The van der Waals surface area contributed by atoms with Crippen molar-refractivity contribution in [3.05, 3.63) is 35.4 Å². The normalized spacial score (nSPS) is 13.9. The first-order chi connectivity index (χ1) is 12.0. The van der Waals surface area contributed by atoms with Crippen molar-refractivity contribution in [1.29, 1.82) is 0 Å². The smallest absolute Gasteiger partial charge is 0.251 e. The van der Waals surface area contributed by atoms with Crippen LogP contribution in [0.4, 0.5) is 0 Å². The van der Waals surface area contributed by atoms with Gasteiger partial charge in [0.25, 0.3) is 5.91 Å². The third kappa shape index (κ3) is 8.03. The van der Waals surface area contributed by atoms with Gasteiger partial charge in [-0.2, -0.15) is 0 Å². The number of nitrogens with zero attached hydrogens (tertiary/aromatic N) is 1. The molecule has 0 aliphatic carbocycles. The number of hydrogen-bond acceptors (Lipinski definition) is 3. The molecule has 1 aromatic rings. The number of carbonyl (C=O) groups is 1. The average Bonchev–Trinajstić information content (AvgIpc) is 2.60. The first-order valence-corrected chi connectivity index (χ1v) is 8.93. The van der Waals surface area contributed by atoms with Crippen molar-refractivity contribution in [2.75, 3.05) is 20.3 Å². The molecule has 3 N–H and O–H groups in total. The fourth-order valence-electron chi connectivity index (χ4n) is 2.24. The molecule has 6 heteroatoms. The van der Waals surface area contributed by atoms with Gasteiger partial charge in [-0.25, -0.2) is 4.99 Å². The summed E-state index contributed by atoms with van der Waals surface area (Å²) in [4.78, 5) is 16.8. The first kappa shape index (κ1) is 21.0. The van der Waals surface area contributed by atoms with Gasteiger partial charge in [0.1, 0.15) is 0 Å². The van der Waals surface area contributed by atoms with E-state index in [9.17, 15) is 4.79 Å². The fraction of sp³-hybridized carbons (Fsp3) is 0.579. The van der Waals surface area contributed by atoms with Crippen LogP contribution < -0.4 is 16.0 Å². The average molecular weight is 348 g/mol. The second kappa shape index (κ2) is 11.5. The van der Waals surface area contributed by atoms with Crippen LogP contribution in [0, 0.1) is 0 Å². The highest BCUT2D eigenvalue weighted by atomic mass is 16.5. The molecule has 0 bridgehead atoms. The van der Waals surface area contributed by atoms with E-state index in [0.717, 1.165) is 24.5 Å². The second-order valence-corrected chi connectivity index (χ2v) is 6.18. The Balaban J connectivity index is 2.76. The number of benzene rings is 1. The van der Waals surface area contributed by atoms with E-state index >= 15 is 0 Å². The molecule has 0 heterocycles. The Bertz CT molecular complexity index is 560. The molecule has 0 aliphatic rings. The summed E-state index contributed by atoms with van der Waals surface area (Å²) >= 11 is 0. The molecule has 2 unspecified atom stereocenters. The molecule has 2 atom stereocenters. The Morgan fingerprint density at radius 2 is 1.96 bits per heavy atom. The molecule has 0 spiro atoms. The summed E-state index contributed by atoms with van der Waals surface area (Å²) in [6, 6.07) is 7.92. The molecule has 0 fully saturated rings. The van der Waals surface area contributed by atoms with Crippen molar-refractivity contribution in [3.8, 4) is 0 Å². The van der Waals surface area contributed by atoms with E-state index in [-0.39, 0.29) is 18.0 Å². The zero-order valence-corrected chi connectivity index (χ0v) is 16.1. The Morgan fingerprint density at radius 3 is 2.60 bits per heavy atom. The van der Waals surface area contributed by atoms with Gasteiger partial charge in [-0.3, -0.25) is 4.79 Å². The maximum atomic E-state index is 12.2. The molecule has 0 saturated heterocycles. The summed E-state index contributed by atoms with van der Waals surface area (Å²) in [6.07, 6.45) is 0.910. The molecule has 0 aromatic heterocycles. The quantitative estimate of drug-likeness (QED) is 0.473. The van der Waals surface area contributed by atoms with Crippen molar-refractivity contribution >= 4 is 11.9 Å². The molecule has 0 radical (unpaired) electrons. The minimum atomic E-state index is -0.0427. The topological polar surface area (TPSA) is 74.8 Å². The number of methoxy groups -OCH3 is 1. The van der Waals surface area contributed by atoms with Gasteiger partial charge in [0.15, 0.2) is 5.96 Å². The van der Waals surface area contributed by atoms with E-state index in [2.05, 4.69) is 27.9 Å². The van der Waals surface area contributed by atoms with Crippen molar-refractivity contribution in [3.63, 3.8) is 0 Å². The van der Waals surface area contributed by atoms with E-state index in [1.165, 1.54) is 0 Å². The molecule has 0 aliphatic heterocycles. The summed E-state index contributed by atoms with van der Waals surface area (Å²) in [5.74, 6) is 0.695. The number of hydrogen-bond donors (Lipinski definition) is 3. The number of ether oxygens (including phenoxy) is 1. The zero-order chi connectivity index (χ0) is 18.7. The van der Waals surface area contributed by atoms with Crippen molar-refractivity contribution in [2.45, 2.75) is 52.7 Å². The van der Waals surface area contributed by atoms with E-state index in [0.29, 0.717) is 18.7 Å². The zero-order valence-electron chi connectivity index (χ0n) is 16.1. The first-order valence-electron chi connectivity index (χ1n) is 8.93. The predicted octanol–water partition coefficient (Wildman–Crippen LogP) is 2.30. The summed E-state index contributed by atoms with van der Waals surface area (Å²) in [6.45, 7) is 10.0. The summed E-state index contributed by atoms with van der Waals surface area (Å²) < 4.78 is 5.14. The molecular formula is C19H32N4O2. The van der Waals surface area contributed by atoms with Crippen molar-refractivity contribution in [2.24, 2.45) is 4.99 Å². The van der Waals surface area contributed by atoms with Gasteiger partial charge >= 0.3 is 0 Å². The molecular weight excluding hydrogens is 316 g/mol. The Kier molecular flexibility index (Phi) is 9.62. The Morgan fingerprint density at radius 1 is 1.20 bits per heavy atom. The van der Waals surface area contributed by atoms with Crippen LogP contribution in [-0.2, 0) is 11.3 Å². The number of guanidine groups is 1. The molecule has 25 heavy (non-hydrogen) atoms. The van der Waals surface area contributed by atoms with Gasteiger partial charge in [0.2, 0.25) is 0 Å². The van der Waals surface area contributed by atoms with Gasteiger partial charge in [-0.1, -0.05) is 19.1 Å². The minimum Gasteiger partial charge on any atom is -0.383 e. The lowest BCUT2D eigenvalue weighted by molar-refractivity contribution is 0.0939. The van der Waals surface area contributed by atoms with Gasteiger partial charge in [-0.15, -0.1) is 0 Å². The van der Waals surface area contributed by atoms with Crippen molar-refractivity contribution < 1.29 is 9.53 Å². The number of nitrogens with one attached hydrogen (secondary N) is 3.